The number of nitrogens with one attached hydrogen (secondary N) is 1. The zero-order chi connectivity index (χ0) is 24.2. The van der Waals surface area contributed by atoms with Gasteiger partial charge in [0.2, 0.25) is 10.0 Å². The molecule has 0 saturated heterocycles. The molecule has 1 heterocycles. The third kappa shape index (κ3) is 6.05. The monoisotopic (exact) mass is 476 g/mol. The zero-order valence-electron chi connectivity index (χ0n) is 17.5. The Balaban J connectivity index is 2.05. The van der Waals surface area contributed by atoms with Gasteiger partial charge in [-0.1, -0.05) is 18.2 Å². The molecule has 1 amide bonds. The average molecular weight is 476 g/mol. The molecule has 9 nitrogen and oxygen atoms in total. The summed E-state index contributed by atoms with van der Waals surface area (Å²) in [5, 5.41) is 9.06. The van der Waals surface area contributed by atoms with Gasteiger partial charge in [0.25, 0.3) is 5.91 Å². The van der Waals surface area contributed by atoms with E-state index >= 15 is 0 Å². The Morgan fingerprint density at radius 3 is 2.52 bits per heavy atom. The Hall–Kier alpha value is -3.98. The van der Waals surface area contributed by atoms with Gasteiger partial charge >= 0.3 is 12.6 Å². The highest BCUT2D eigenvalue weighted by Crippen LogP contribution is 2.31. The lowest BCUT2D eigenvalue weighted by Crippen LogP contribution is -2.30. The Bertz CT molecular complexity index is 1300. The van der Waals surface area contributed by atoms with Gasteiger partial charge in [-0.15, -0.1) is 0 Å². The van der Waals surface area contributed by atoms with Crippen molar-refractivity contribution in [3.05, 3.63) is 71.1 Å². The number of carbonyl (C=O) groups excluding carboxylic acids is 1. The fourth-order valence-electron chi connectivity index (χ4n) is 2.93. The van der Waals surface area contributed by atoms with Crippen LogP contribution in [0, 0.1) is 18.3 Å². The Morgan fingerprint density at radius 1 is 1.24 bits per heavy atom. The molecule has 0 unspecified atom stereocenters. The number of nitriles is 1. The lowest BCUT2D eigenvalue weighted by molar-refractivity contribution is -0.0504. The van der Waals surface area contributed by atoms with E-state index in [4.69, 9.17) is 9.68 Å². The molecular formula is C21H18F2N4O5S. The topological polar surface area (TPSA) is 126 Å². The number of amides is 1. The molecule has 3 rings (SSSR count). The number of nitrogens with zero attached hydrogens (tertiary/aromatic N) is 3. The molecule has 0 saturated carbocycles. The number of benzene rings is 2. The number of sulfonamides is 1. The van der Waals surface area contributed by atoms with Crippen molar-refractivity contribution in [2.45, 2.75) is 20.1 Å². The van der Waals surface area contributed by atoms with Gasteiger partial charge in [0.1, 0.15) is 11.5 Å². The minimum Gasteiger partial charge on any atom is -0.434 e. The summed E-state index contributed by atoms with van der Waals surface area (Å²) >= 11 is 0. The molecule has 0 radical (unpaired) electrons. The smallest absolute Gasteiger partial charge is 0.387 e. The summed E-state index contributed by atoms with van der Waals surface area (Å²) in [6.45, 7) is -1.66. The number of oxazole rings is 1. The van der Waals surface area contributed by atoms with Crippen LogP contribution in [0.15, 0.2) is 52.9 Å². The van der Waals surface area contributed by atoms with Gasteiger partial charge in [0.15, 0.2) is 5.69 Å². The van der Waals surface area contributed by atoms with Crippen molar-refractivity contribution in [2.75, 3.05) is 11.2 Å². The first-order valence-electron chi connectivity index (χ1n) is 9.37. The van der Waals surface area contributed by atoms with E-state index in [2.05, 4.69) is 9.72 Å². The summed E-state index contributed by atoms with van der Waals surface area (Å²) in [6.07, 6.45) is 0.824. The highest BCUT2D eigenvalue weighted by molar-refractivity contribution is 7.89. The molecule has 0 aliphatic heterocycles. The number of hydrogen-bond donors (Lipinski definition) is 1. The third-order valence-corrected chi connectivity index (χ3v) is 4.89. The van der Waals surface area contributed by atoms with Crippen LogP contribution in [0.2, 0.25) is 0 Å². The number of carbonyl (C=O) groups is 1. The number of ether oxygens (including phenoxy) is 1. The predicted octanol–water partition coefficient (Wildman–Crippen LogP) is 3.48. The number of anilines is 2. The summed E-state index contributed by atoms with van der Waals surface area (Å²) in [4.78, 5) is 17.9. The van der Waals surface area contributed by atoms with Crippen LogP contribution in [0.4, 0.5) is 20.5 Å². The maximum atomic E-state index is 12.9. The minimum absolute atomic E-state index is 0.0434. The summed E-state index contributed by atoms with van der Waals surface area (Å²) in [5.41, 5.74) is 0.959. The van der Waals surface area contributed by atoms with Gasteiger partial charge in [-0.25, -0.2) is 13.1 Å². The number of alkyl halides is 2. The fraction of sp³-hybridized carbons (Fsp3) is 0.190. The molecular weight excluding hydrogens is 458 g/mol. The van der Waals surface area contributed by atoms with Gasteiger partial charge in [-0.2, -0.15) is 19.0 Å². The molecule has 12 heteroatoms. The highest BCUT2D eigenvalue weighted by atomic mass is 32.2. The van der Waals surface area contributed by atoms with E-state index in [1.54, 1.807) is 24.3 Å². The molecule has 0 fully saturated rings. The molecule has 1 N–H and O–H groups in total. The van der Waals surface area contributed by atoms with Crippen molar-refractivity contribution in [3.8, 4) is 11.8 Å². The van der Waals surface area contributed by atoms with Gasteiger partial charge in [0, 0.05) is 11.3 Å². The first-order chi connectivity index (χ1) is 15.6. The van der Waals surface area contributed by atoms with E-state index in [0.29, 0.717) is 16.8 Å². The lowest BCUT2D eigenvalue weighted by Gasteiger charge is -2.22. The second kappa shape index (κ2) is 9.66. The van der Waals surface area contributed by atoms with E-state index in [1.165, 1.54) is 36.1 Å². The van der Waals surface area contributed by atoms with E-state index in [1.807, 2.05) is 10.8 Å². The maximum absolute atomic E-state index is 12.9. The first-order valence-corrected chi connectivity index (χ1v) is 11.3. The highest BCUT2D eigenvalue weighted by Gasteiger charge is 2.25. The number of rotatable bonds is 8. The summed E-state index contributed by atoms with van der Waals surface area (Å²) < 4.78 is 60.6. The van der Waals surface area contributed by atoms with Crippen LogP contribution in [0.5, 0.6) is 5.75 Å². The van der Waals surface area contributed by atoms with Crippen molar-refractivity contribution >= 4 is 27.6 Å². The number of aryl methyl sites for hydroxylation is 1. The van der Waals surface area contributed by atoms with E-state index in [9.17, 15) is 22.0 Å². The standard InChI is InChI=1S/C21H18F2N4O5S/c1-13-18(19(28)26-33(2,29)30)25-21(31-13)27(16-9-7-14(11-24)8-10-16)12-15-5-3-4-6-17(15)32-20(22)23/h3-10,20H,12H2,1-2H3,(H,26,28). The second-order valence-electron chi connectivity index (χ2n) is 6.84. The normalized spacial score (nSPS) is 11.2. The van der Waals surface area contributed by atoms with E-state index in [-0.39, 0.29) is 29.8 Å². The summed E-state index contributed by atoms with van der Waals surface area (Å²) in [6, 6.07) is 14.3. The first kappa shape index (κ1) is 23.7. The fourth-order valence-corrected chi connectivity index (χ4v) is 3.36. The van der Waals surface area contributed by atoms with E-state index < -0.39 is 22.5 Å². The summed E-state index contributed by atoms with van der Waals surface area (Å²) in [5.74, 6) is -1.00. The van der Waals surface area contributed by atoms with Gasteiger partial charge in [0.05, 0.1) is 24.4 Å². The Morgan fingerprint density at radius 2 is 1.91 bits per heavy atom. The van der Waals surface area contributed by atoms with Crippen LogP contribution < -0.4 is 14.4 Å². The zero-order valence-corrected chi connectivity index (χ0v) is 18.3. The molecule has 0 bridgehead atoms. The lowest BCUT2D eigenvalue weighted by atomic mass is 10.1. The van der Waals surface area contributed by atoms with Gasteiger partial charge < -0.3 is 9.15 Å². The van der Waals surface area contributed by atoms with Crippen LogP contribution in [-0.4, -0.2) is 32.2 Å². The van der Waals surface area contributed by atoms with Crippen LogP contribution >= 0.6 is 0 Å². The largest absolute Gasteiger partial charge is 0.434 e. The predicted molar refractivity (Wildman–Crippen MR) is 114 cm³/mol. The quantitative estimate of drug-likeness (QED) is 0.524. The Labute approximate surface area is 188 Å². The van der Waals surface area contributed by atoms with Crippen molar-refractivity contribution in [2.24, 2.45) is 0 Å². The van der Waals surface area contributed by atoms with Crippen LogP contribution in [0.3, 0.4) is 0 Å². The third-order valence-electron chi connectivity index (χ3n) is 4.33. The molecule has 2 aromatic carbocycles. The van der Waals surface area contributed by atoms with Gasteiger partial charge in [-0.3, -0.25) is 9.69 Å². The van der Waals surface area contributed by atoms with Crippen molar-refractivity contribution in [1.29, 1.82) is 5.26 Å². The minimum atomic E-state index is -3.84. The molecule has 0 spiro atoms. The van der Waals surface area contributed by atoms with Crippen molar-refractivity contribution < 1.29 is 31.1 Å². The van der Waals surface area contributed by atoms with Crippen LogP contribution in [-0.2, 0) is 16.6 Å². The number of halogens is 2. The average Bonchev–Trinajstić information content (AvgIpc) is 3.13. The molecule has 0 atom stereocenters. The molecule has 1 aromatic heterocycles. The number of para-hydroxylation sites is 1. The number of aromatic nitrogens is 1. The van der Waals surface area contributed by atoms with Crippen LogP contribution in [0.1, 0.15) is 27.4 Å². The van der Waals surface area contributed by atoms with E-state index in [0.717, 1.165) is 6.26 Å². The van der Waals surface area contributed by atoms with Gasteiger partial charge in [-0.05, 0) is 37.3 Å². The van der Waals surface area contributed by atoms with Crippen molar-refractivity contribution in [3.63, 3.8) is 0 Å². The summed E-state index contributed by atoms with van der Waals surface area (Å²) in [7, 11) is -3.84. The Kier molecular flexibility index (Phi) is 6.93. The molecule has 3 aromatic rings. The molecule has 0 aliphatic carbocycles. The van der Waals surface area contributed by atoms with Crippen LogP contribution in [0.25, 0.3) is 0 Å². The molecule has 172 valence electrons. The maximum Gasteiger partial charge on any atom is 0.387 e. The SMILES string of the molecule is Cc1oc(N(Cc2ccccc2OC(F)F)c2ccc(C#N)cc2)nc1C(=O)NS(C)(=O)=O. The van der Waals surface area contributed by atoms with Crippen molar-refractivity contribution in [1.82, 2.24) is 9.71 Å². The number of hydrogen-bond acceptors (Lipinski definition) is 8. The molecule has 0 aliphatic rings. The molecule has 33 heavy (non-hydrogen) atoms. The second-order valence-corrected chi connectivity index (χ2v) is 8.58.